The maximum absolute atomic E-state index is 13.1. The number of methoxy groups -OCH3 is 2. The predicted octanol–water partition coefficient (Wildman–Crippen LogP) is 2.42. The summed E-state index contributed by atoms with van der Waals surface area (Å²) in [5.41, 5.74) is -0.460. The molecule has 0 radical (unpaired) electrons. The molecule has 2 aromatic carbocycles. The lowest BCUT2D eigenvalue weighted by Crippen LogP contribution is -2.25. The number of benzene rings is 2. The fourth-order valence-corrected chi connectivity index (χ4v) is 3.96. The molecule has 1 amide bonds. The van der Waals surface area contributed by atoms with Crippen LogP contribution in [0.25, 0.3) is 0 Å². The Hall–Kier alpha value is -3.11. The van der Waals surface area contributed by atoms with Crippen molar-refractivity contribution in [3.63, 3.8) is 0 Å². The Kier molecular flexibility index (Phi) is 7.06. The van der Waals surface area contributed by atoms with E-state index in [2.05, 4.69) is 14.2 Å². The van der Waals surface area contributed by atoms with E-state index in [0.717, 1.165) is 26.4 Å². The topological polar surface area (TPSA) is 119 Å². The van der Waals surface area contributed by atoms with Gasteiger partial charge < -0.3 is 14.4 Å². The lowest BCUT2D eigenvalue weighted by atomic mass is 10.1. The van der Waals surface area contributed by atoms with Crippen LogP contribution in [-0.2, 0) is 19.5 Å². The SMILES string of the molecule is COC(=O)c1ccc(C(=O)OC)c(S(=O)(=O)Nc2cc(Cl)ccc2C(=O)N(C)C)c1. The number of ether oxygens (including phenoxy) is 2. The summed E-state index contributed by atoms with van der Waals surface area (Å²) < 4.78 is 37.7. The number of amides is 1. The summed E-state index contributed by atoms with van der Waals surface area (Å²) in [7, 11) is 0.780. The summed E-state index contributed by atoms with van der Waals surface area (Å²) in [4.78, 5) is 37.1. The van der Waals surface area contributed by atoms with Crippen LogP contribution in [0.5, 0.6) is 0 Å². The minimum atomic E-state index is -4.45. The second-order valence-electron chi connectivity index (χ2n) is 6.19. The first-order chi connectivity index (χ1) is 14.0. The van der Waals surface area contributed by atoms with Crippen LogP contribution in [0.1, 0.15) is 31.1 Å². The minimum absolute atomic E-state index is 0.0386. The average molecular weight is 455 g/mol. The summed E-state index contributed by atoms with van der Waals surface area (Å²) >= 11 is 5.97. The number of nitrogens with one attached hydrogen (secondary N) is 1. The first-order valence-electron chi connectivity index (χ1n) is 8.36. The largest absolute Gasteiger partial charge is 0.465 e. The van der Waals surface area contributed by atoms with E-state index in [-0.39, 0.29) is 27.4 Å². The number of carbonyl (C=O) groups excluding carboxylic acids is 3. The molecular weight excluding hydrogens is 436 g/mol. The molecule has 9 nitrogen and oxygen atoms in total. The van der Waals surface area contributed by atoms with Gasteiger partial charge in [-0.2, -0.15) is 0 Å². The molecule has 0 aliphatic heterocycles. The molecule has 0 spiro atoms. The van der Waals surface area contributed by atoms with Gasteiger partial charge in [0, 0.05) is 19.1 Å². The molecule has 1 N–H and O–H groups in total. The third kappa shape index (κ3) is 4.89. The van der Waals surface area contributed by atoms with E-state index in [9.17, 15) is 22.8 Å². The fraction of sp³-hybridized carbons (Fsp3) is 0.211. The van der Waals surface area contributed by atoms with Gasteiger partial charge in [0.1, 0.15) is 4.90 Å². The molecule has 0 unspecified atom stereocenters. The molecule has 160 valence electrons. The highest BCUT2D eigenvalue weighted by Crippen LogP contribution is 2.27. The van der Waals surface area contributed by atoms with E-state index in [1.807, 2.05) is 0 Å². The van der Waals surface area contributed by atoms with Gasteiger partial charge in [0.05, 0.1) is 36.6 Å². The smallest absolute Gasteiger partial charge is 0.339 e. The van der Waals surface area contributed by atoms with Gasteiger partial charge in [-0.1, -0.05) is 11.6 Å². The fourth-order valence-electron chi connectivity index (χ4n) is 2.50. The van der Waals surface area contributed by atoms with E-state index >= 15 is 0 Å². The van der Waals surface area contributed by atoms with Crippen LogP contribution < -0.4 is 4.72 Å². The Morgan fingerprint density at radius 1 is 0.933 bits per heavy atom. The third-order valence-electron chi connectivity index (χ3n) is 3.96. The normalized spacial score (nSPS) is 10.8. The van der Waals surface area contributed by atoms with Crippen LogP contribution in [0.4, 0.5) is 5.69 Å². The Labute approximate surface area is 178 Å². The van der Waals surface area contributed by atoms with Gasteiger partial charge in [0.2, 0.25) is 0 Å². The van der Waals surface area contributed by atoms with E-state index < -0.39 is 32.8 Å². The van der Waals surface area contributed by atoms with Gasteiger partial charge in [0.15, 0.2) is 0 Å². The van der Waals surface area contributed by atoms with Crippen LogP contribution in [0.3, 0.4) is 0 Å². The van der Waals surface area contributed by atoms with Crippen molar-refractivity contribution >= 4 is 45.2 Å². The Morgan fingerprint density at radius 2 is 1.53 bits per heavy atom. The number of hydrogen-bond acceptors (Lipinski definition) is 7. The number of carbonyl (C=O) groups is 3. The molecule has 0 aliphatic rings. The van der Waals surface area contributed by atoms with Crippen LogP contribution in [-0.4, -0.2) is 59.5 Å². The van der Waals surface area contributed by atoms with Gasteiger partial charge >= 0.3 is 11.9 Å². The molecule has 0 atom stereocenters. The van der Waals surface area contributed by atoms with Gasteiger partial charge in [0.25, 0.3) is 15.9 Å². The van der Waals surface area contributed by atoms with Gasteiger partial charge in [-0.05, 0) is 36.4 Å². The van der Waals surface area contributed by atoms with Crippen LogP contribution in [0.15, 0.2) is 41.3 Å². The Balaban J connectivity index is 2.65. The molecule has 0 aromatic heterocycles. The molecule has 0 fully saturated rings. The first kappa shape index (κ1) is 23.2. The highest BCUT2D eigenvalue weighted by molar-refractivity contribution is 7.92. The van der Waals surface area contributed by atoms with E-state index in [1.165, 1.54) is 43.3 Å². The van der Waals surface area contributed by atoms with Crippen LogP contribution in [0.2, 0.25) is 5.02 Å². The van der Waals surface area contributed by atoms with E-state index in [0.29, 0.717) is 0 Å². The molecule has 30 heavy (non-hydrogen) atoms. The molecule has 0 aliphatic carbocycles. The Bertz CT molecular complexity index is 1110. The van der Waals surface area contributed by atoms with Crippen molar-refractivity contribution in [2.75, 3.05) is 33.0 Å². The molecule has 0 saturated carbocycles. The van der Waals surface area contributed by atoms with Crippen molar-refractivity contribution < 1.29 is 32.3 Å². The first-order valence-corrected chi connectivity index (χ1v) is 10.2. The van der Waals surface area contributed by atoms with Crippen molar-refractivity contribution in [2.45, 2.75) is 4.90 Å². The molecule has 0 saturated heterocycles. The molecule has 2 aromatic rings. The van der Waals surface area contributed by atoms with Crippen molar-refractivity contribution in [1.82, 2.24) is 4.90 Å². The maximum Gasteiger partial charge on any atom is 0.339 e. The molecular formula is C19H19ClN2O7S. The summed E-state index contributed by atoms with van der Waals surface area (Å²) in [5, 5.41) is 0.180. The summed E-state index contributed by atoms with van der Waals surface area (Å²) in [6, 6.07) is 7.42. The van der Waals surface area contributed by atoms with Crippen molar-refractivity contribution in [1.29, 1.82) is 0 Å². The molecule has 2 rings (SSSR count). The monoisotopic (exact) mass is 454 g/mol. The van der Waals surface area contributed by atoms with E-state index in [1.54, 1.807) is 0 Å². The number of hydrogen-bond donors (Lipinski definition) is 1. The highest BCUT2D eigenvalue weighted by atomic mass is 35.5. The minimum Gasteiger partial charge on any atom is -0.465 e. The summed E-state index contributed by atoms with van der Waals surface area (Å²) in [6.07, 6.45) is 0. The van der Waals surface area contributed by atoms with Crippen molar-refractivity contribution in [3.8, 4) is 0 Å². The number of nitrogens with zero attached hydrogens (tertiary/aromatic N) is 1. The number of sulfonamides is 1. The second kappa shape index (κ2) is 9.14. The number of esters is 2. The number of halogens is 1. The summed E-state index contributed by atoms with van der Waals surface area (Å²) in [6.45, 7) is 0. The lowest BCUT2D eigenvalue weighted by Gasteiger charge is -2.17. The van der Waals surface area contributed by atoms with Crippen molar-refractivity contribution in [2.24, 2.45) is 0 Å². The highest BCUT2D eigenvalue weighted by Gasteiger charge is 2.27. The van der Waals surface area contributed by atoms with Gasteiger partial charge in [-0.3, -0.25) is 9.52 Å². The standard InChI is InChI=1S/C19H19ClN2O7S/c1-22(2)17(23)13-8-6-12(20)10-15(13)21-30(26,27)16-9-11(18(24)28-3)5-7-14(16)19(25)29-4/h5-10,21H,1-4H3. The zero-order valence-corrected chi connectivity index (χ0v) is 18.1. The van der Waals surface area contributed by atoms with Crippen LogP contribution in [0, 0.1) is 0 Å². The van der Waals surface area contributed by atoms with Crippen LogP contribution >= 0.6 is 11.6 Å². The molecule has 11 heteroatoms. The molecule has 0 bridgehead atoms. The van der Waals surface area contributed by atoms with Crippen molar-refractivity contribution in [3.05, 3.63) is 58.1 Å². The number of anilines is 1. The maximum atomic E-state index is 13.1. The van der Waals surface area contributed by atoms with Gasteiger partial charge in [-0.25, -0.2) is 18.0 Å². The zero-order chi connectivity index (χ0) is 22.6. The lowest BCUT2D eigenvalue weighted by molar-refractivity contribution is 0.0583. The number of rotatable bonds is 6. The molecule has 0 heterocycles. The predicted molar refractivity (Wildman–Crippen MR) is 109 cm³/mol. The quantitative estimate of drug-likeness (QED) is 0.665. The second-order valence-corrected chi connectivity index (χ2v) is 8.28. The Morgan fingerprint density at radius 3 is 2.10 bits per heavy atom. The zero-order valence-electron chi connectivity index (χ0n) is 16.6. The average Bonchev–Trinajstić information content (AvgIpc) is 2.71. The van der Waals surface area contributed by atoms with E-state index in [4.69, 9.17) is 11.6 Å². The summed E-state index contributed by atoms with van der Waals surface area (Å²) in [5.74, 6) is -2.20. The van der Waals surface area contributed by atoms with Gasteiger partial charge in [-0.15, -0.1) is 0 Å². The third-order valence-corrected chi connectivity index (χ3v) is 5.60.